The van der Waals surface area contributed by atoms with E-state index in [-0.39, 0.29) is 6.10 Å². The van der Waals surface area contributed by atoms with Crippen molar-refractivity contribution in [2.24, 2.45) is 0 Å². The molecule has 0 spiro atoms. The molecule has 112 valence electrons. The molecule has 3 heteroatoms. The molecule has 1 atom stereocenters. The van der Waals surface area contributed by atoms with Crippen molar-refractivity contribution < 1.29 is 9.47 Å². The Morgan fingerprint density at radius 2 is 1.62 bits per heavy atom. The third-order valence-corrected chi connectivity index (χ3v) is 3.14. The Hall–Kier alpha value is -2.00. The first kappa shape index (κ1) is 15.4. The standard InChI is InChI=1S/C18H23NO2/c1-3-13-20-16-9-11-17(12-10-16)21-18(14-19-2)15-7-5-4-6-8-15/h4-12,18-19H,3,13-14H2,1-2H3. The monoisotopic (exact) mass is 285 g/mol. The SMILES string of the molecule is CCCOc1ccc(OC(CNC)c2ccccc2)cc1. The smallest absolute Gasteiger partial charge is 0.136 e. The third-order valence-electron chi connectivity index (χ3n) is 3.14. The number of hydrogen-bond donors (Lipinski definition) is 1. The van der Waals surface area contributed by atoms with Crippen LogP contribution in [0.1, 0.15) is 25.0 Å². The summed E-state index contributed by atoms with van der Waals surface area (Å²) in [7, 11) is 1.93. The second-order valence-electron chi connectivity index (χ2n) is 4.89. The molecule has 0 saturated carbocycles. The Morgan fingerprint density at radius 1 is 0.952 bits per heavy atom. The van der Waals surface area contributed by atoms with Crippen molar-refractivity contribution in [1.29, 1.82) is 0 Å². The molecule has 0 fully saturated rings. The van der Waals surface area contributed by atoms with E-state index in [2.05, 4.69) is 24.4 Å². The van der Waals surface area contributed by atoms with E-state index in [4.69, 9.17) is 9.47 Å². The first-order valence-electron chi connectivity index (χ1n) is 7.42. The minimum Gasteiger partial charge on any atom is -0.494 e. The number of hydrogen-bond acceptors (Lipinski definition) is 3. The summed E-state index contributed by atoms with van der Waals surface area (Å²) in [6.45, 7) is 3.60. The zero-order valence-corrected chi connectivity index (χ0v) is 12.7. The van der Waals surface area contributed by atoms with Gasteiger partial charge >= 0.3 is 0 Å². The lowest BCUT2D eigenvalue weighted by atomic mass is 10.1. The molecule has 3 nitrogen and oxygen atoms in total. The highest BCUT2D eigenvalue weighted by Crippen LogP contribution is 2.24. The molecular weight excluding hydrogens is 262 g/mol. The van der Waals surface area contributed by atoms with E-state index in [0.29, 0.717) is 0 Å². The van der Waals surface area contributed by atoms with Crippen molar-refractivity contribution in [1.82, 2.24) is 5.32 Å². The fraction of sp³-hybridized carbons (Fsp3) is 0.333. The minimum atomic E-state index is -0.00129. The van der Waals surface area contributed by atoms with Gasteiger partial charge in [0.05, 0.1) is 6.61 Å². The van der Waals surface area contributed by atoms with Crippen molar-refractivity contribution >= 4 is 0 Å². The van der Waals surface area contributed by atoms with Crippen LogP contribution in [0.2, 0.25) is 0 Å². The van der Waals surface area contributed by atoms with Gasteiger partial charge in [-0.2, -0.15) is 0 Å². The van der Waals surface area contributed by atoms with Crippen LogP contribution in [0.15, 0.2) is 54.6 Å². The van der Waals surface area contributed by atoms with E-state index < -0.39 is 0 Å². The molecule has 0 radical (unpaired) electrons. The van der Waals surface area contributed by atoms with Crippen molar-refractivity contribution in [2.75, 3.05) is 20.2 Å². The quantitative estimate of drug-likeness (QED) is 0.800. The Kier molecular flexibility index (Phi) is 6.10. The van der Waals surface area contributed by atoms with Crippen molar-refractivity contribution in [2.45, 2.75) is 19.4 Å². The fourth-order valence-corrected chi connectivity index (χ4v) is 2.08. The number of likely N-dealkylation sites (N-methyl/N-ethyl adjacent to an activating group) is 1. The third kappa shape index (κ3) is 4.80. The summed E-state index contributed by atoms with van der Waals surface area (Å²) in [6.07, 6.45) is 1.01. The molecule has 1 N–H and O–H groups in total. The van der Waals surface area contributed by atoms with E-state index in [1.165, 1.54) is 0 Å². The maximum atomic E-state index is 6.08. The van der Waals surface area contributed by atoms with Crippen LogP contribution in [0, 0.1) is 0 Å². The summed E-state index contributed by atoms with van der Waals surface area (Å²) in [5.74, 6) is 1.73. The van der Waals surface area contributed by atoms with Gasteiger partial charge in [-0.15, -0.1) is 0 Å². The molecule has 2 rings (SSSR count). The number of benzene rings is 2. The summed E-state index contributed by atoms with van der Waals surface area (Å²) in [5.41, 5.74) is 1.16. The van der Waals surface area contributed by atoms with E-state index in [1.807, 2.05) is 49.5 Å². The Bertz CT molecular complexity index is 511. The molecule has 0 amide bonds. The van der Waals surface area contributed by atoms with E-state index in [1.54, 1.807) is 0 Å². The van der Waals surface area contributed by atoms with Gasteiger partial charge in [0.2, 0.25) is 0 Å². The molecule has 0 heterocycles. The Balaban J connectivity index is 2.03. The van der Waals surface area contributed by atoms with Gasteiger partial charge in [-0.25, -0.2) is 0 Å². The Labute approximate surface area is 126 Å². The zero-order valence-electron chi connectivity index (χ0n) is 12.7. The lowest BCUT2D eigenvalue weighted by Crippen LogP contribution is -2.21. The van der Waals surface area contributed by atoms with Gasteiger partial charge in [-0.1, -0.05) is 37.3 Å². The van der Waals surface area contributed by atoms with Crippen LogP contribution in [0.4, 0.5) is 0 Å². The highest BCUT2D eigenvalue weighted by Gasteiger charge is 2.12. The maximum absolute atomic E-state index is 6.08. The van der Waals surface area contributed by atoms with Crippen LogP contribution < -0.4 is 14.8 Å². The van der Waals surface area contributed by atoms with Crippen LogP contribution in [0.25, 0.3) is 0 Å². The number of ether oxygens (including phenoxy) is 2. The number of nitrogens with one attached hydrogen (secondary N) is 1. The summed E-state index contributed by atoms with van der Waals surface area (Å²) in [6, 6.07) is 18.1. The lowest BCUT2D eigenvalue weighted by molar-refractivity contribution is 0.204. The zero-order chi connectivity index (χ0) is 14.9. The van der Waals surface area contributed by atoms with Crippen LogP contribution in [-0.2, 0) is 0 Å². The Morgan fingerprint density at radius 3 is 2.24 bits per heavy atom. The van der Waals surface area contributed by atoms with Crippen LogP contribution in [0.3, 0.4) is 0 Å². The molecule has 2 aromatic carbocycles. The van der Waals surface area contributed by atoms with Gasteiger partial charge in [-0.05, 0) is 43.3 Å². The van der Waals surface area contributed by atoms with E-state index >= 15 is 0 Å². The summed E-state index contributed by atoms with van der Waals surface area (Å²) < 4.78 is 11.7. The summed E-state index contributed by atoms with van der Waals surface area (Å²) in [4.78, 5) is 0. The molecule has 0 aliphatic heterocycles. The summed E-state index contributed by atoms with van der Waals surface area (Å²) in [5, 5.41) is 3.18. The first-order chi connectivity index (χ1) is 10.3. The van der Waals surface area contributed by atoms with Gasteiger partial charge < -0.3 is 14.8 Å². The second kappa shape index (κ2) is 8.32. The predicted octanol–water partition coefficient (Wildman–Crippen LogP) is 3.81. The van der Waals surface area contributed by atoms with E-state index in [0.717, 1.165) is 36.6 Å². The van der Waals surface area contributed by atoms with Gasteiger partial charge in [0.1, 0.15) is 17.6 Å². The molecule has 1 unspecified atom stereocenters. The molecular formula is C18H23NO2. The van der Waals surface area contributed by atoms with E-state index in [9.17, 15) is 0 Å². The fourth-order valence-electron chi connectivity index (χ4n) is 2.08. The first-order valence-corrected chi connectivity index (χ1v) is 7.42. The molecule has 21 heavy (non-hydrogen) atoms. The normalized spacial score (nSPS) is 11.9. The van der Waals surface area contributed by atoms with Gasteiger partial charge in [0.25, 0.3) is 0 Å². The highest BCUT2D eigenvalue weighted by atomic mass is 16.5. The molecule has 2 aromatic rings. The average Bonchev–Trinajstić information content (AvgIpc) is 2.54. The molecule has 0 aliphatic carbocycles. The van der Waals surface area contributed by atoms with Crippen LogP contribution in [0.5, 0.6) is 11.5 Å². The highest BCUT2D eigenvalue weighted by molar-refractivity contribution is 5.32. The maximum Gasteiger partial charge on any atom is 0.136 e. The number of rotatable bonds is 8. The second-order valence-corrected chi connectivity index (χ2v) is 4.89. The summed E-state index contributed by atoms with van der Waals surface area (Å²) >= 11 is 0. The minimum absolute atomic E-state index is 0.00129. The van der Waals surface area contributed by atoms with Crippen molar-refractivity contribution in [3.05, 3.63) is 60.2 Å². The van der Waals surface area contributed by atoms with Gasteiger partial charge in [0.15, 0.2) is 0 Å². The van der Waals surface area contributed by atoms with Gasteiger partial charge in [-0.3, -0.25) is 0 Å². The van der Waals surface area contributed by atoms with Gasteiger partial charge in [0, 0.05) is 6.54 Å². The average molecular weight is 285 g/mol. The topological polar surface area (TPSA) is 30.5 Å². The van der Waals surface area contributed by atoms with Crippen LogP contribution >= 0.6 is 0 Å². The lowest BCUT2D eigenvalue weighted by Gasteiger charge is -2.19. The molecule has 0 aliphatic rings. The predicted molar refractivity (Wildman–Crippen MR) is 86.0 cm³/mol. The largest absolute Gasteiger partial charge is 0.494 e. The van der Waals surface area contributed by atoms with Crippen molar-refractivity contribution in [3.63, 3.8) is 0 Å². The molecule has 0 aromatic heterocycles. The van der Waals surface area contributed by atoms with Crippen LogP contribution in [-0.4, -0.2) is 20.2 Å². The van der Waals surface area contributed by atoms with Crippen molar-refractivity contribution in [3.8, 4) is 11.5 Å². The molecule has 0 saturated heterocycles. The molecule has 0 bridgehead atoms.